The Balaban J connectivity index is 1.41. The Morgan fingerprint density at radius 1 is 0.938 bits per heavy atom. The van der Waals surface area contributed by atoms with Crippen LogP contribution in [0.5, 0.6) is 5.75 Å². The van der Waals surface area contributed by atoms with Gasteiger partial charge in [-0.25, -0.2) is 9.69 Å². The Kier molecular flexibility index (Phi) is 5.77. The number of nitrogens with zero attached hydrogens (tertiary/aromatic N) is 3. The topological polar surface area (TPSA) is 70.2 Å². The van der Waals surface area contributed by atoms with Crippen molar-refractivity contribution in [2.45, 2.75) is 25.2 Å². The number of hydrogen-bond acceptors (Lipinski definition) is 4. The van der Waals surface area contributed by atoms with Gasteiger partial charge in [0.05, 0.1) is 11.3 Å². The molecular weight excluding hydrogens is 427 g/mol. The molecule has 2 aliphatic rings. The minimum atomic E-state index is -4.91. The van der Waals surface area contributed by atoms with Crippen molar-refractivity contribution in [1.29, 1.82) is 0 Å². The molecule has 0 radical (unpaired) electrons. The summed E-state index contributed by atoms with van der Waals surface area (Å²) in [5, 5.41) is 0. The number of carbonyl (C=O) groups is 3. The first-order chi connectivity index (χ1) is 15.2. The van der Waals surface area contributed by atoms with Gasteiger partial charge in [0.25, 0.3) is 11.8 Å². The fraction of sp³-hybridized carbons (Fsp3) is 0.318. The van der Waals surface area contributed by atoms with E-state index in [1.165, 1.54) is 28.0 Å². The first-order valence-corrected chi connectivity index (χ1v) is 10.1. The highest BCUT2D eigenvalue weighted by atomic mass is 19.4. The molecule has 2 heterocycles. The summed E-state index contributed by atoms with van der Waals surface area (Å²) < 4.78 is 42.0. The molecule has 0 spiro atoms. The number of para-hydroxylation sites is 2. The van der Waals surface area contributed by atoms with Gasteiger partial charge in [0.2, 0.25) is 0 Å². The van der Waals surface area contributed by atoms with Crippen molar-refractivity contribution in [2.24, 2.45) is 0 Å². The number of likely N-dealkylation sites (tertiary alicyclic amines) is 1. The number of urea groups is 1. The van der Waals surface area contributed by atoms with E-state index in [-0.39, 0.29) is 37.1 Å². The maximum absolute atomic E-state index is 12.9. The zero-order chi connectivity index (χ0) is 22.9. The van der Waals surface area contributed by atoms with Crippen LogP contribution in [0.15, 0.2) is 54.6 Å². The summed E-state index contributed by atoms with van der Waals surface area (Å²) in [7, 11) is 0. The van der Waals surface area contributed by atoms with Gasteiger partial charge in [-0.1, -0.05) is 30.3 Å². The van der Waals surface area contributed by atoms with E-state index in [1.807, 2.05) is 0 Å². The van der Waals surface area contributed by atoms with E-state index >= 15 is 0 Å². The Labute approximate surface area is 182 Å². The van der Waals surface area contributed by atoms with Gasteiger partial charge in [-0.2, -0.15) is 0 Å². The molecule has 0 aliphatic carbocycles. The van der Waals surface area contributed by atoms with Gasteiger partial charge in [0.1, 0.15) is 12.3 Å². The first-order valence-electron chi connectivity index (χ1n) is 10.1. The zero-order valence-corrected chi connectivity index (χ0v) is 16.9. The minimum absolute atomic E-state index is 0.0470. The van der Waals surface area contributed by atoms with E-state index in [2.05, 4.69) is 4.74 Å². The minimum Gasteiger partial charge on any atom is -0.405 e. The molecule has 0 aromatic heterocycles. The summed E-state index contributed by atoms with van der Waals surface area (Å²) in [5.74, 6) is -1.44. The molecule has 4 amide bonds. The van der Waals surface area contributed by atoms with Gasteiger partial charge in [-0.15, -0.1) is 13.2 Å². The Hall–Kier alpha value is -3.56. The number of imide groups is 1. The van der Waals surface area contributed by atoms with Crippen molar-refractivity contribution in [1.82, 2.24) is 9.80 Å². The number of amides is 4. The van der Waals surface area contributed by atoms with Crippen LogP contribution in [0.1, 0.15) is 23.2 Å². The number of rotatable bonds is 4. The lowest BCUT2D eigenvalue weighted by atomic mass is 10.0. The lowest BCUT2D eigenvalue weighted by Gasteiger charge is -2.36. The maximum Gasteiger partial charge on any atom is 0.573 e. The number of ether oxygens (including phenoxy) is 1. The van der Waals surface area contributed by atoms with Gasteiger partial charge in [0, 0.05) is 19.1 Å². The second kappa shape index (κ2) is 8.52. The third-order valence-corrected chi connectivity index (χ3v) is 5.54. The second-order valence-corrected chi connectivity index (χ2v) is 7.54. The van der Waals surface area contributed by atoms with Gasteiger partial charge < -0.3 is 14.5 Å². The number of piperidine rings is 1. The standard InChI is InChI=1S/C22H20F3N3O4/c23-22(24,25)32-18-9-5-4-8-17(18)20(30)26-12-10-15(11-13-26)27-14-19(29)28(21(27)31)16-6-2-1-3-7-16/h1-9,15H,10-14H2. The van der Waals surface area contributed by atoms with E-state index < -0.39 is 24.1 Å². The second-order valence-electron chi connectivity index (χ2n) is 7.54. The van der Waals surface area contributed by atoms with E-state index in [1.54, 1.807) is 30.3 Å². The highest BCUT2D eigenvalue weighted by Gasteiger charge is 2.42. The predicted octanol–water partition coefficient (Wildman–Crippen LogP) is 3.66. The fourth-order valence-electron chi connectivity index (χ4n) is 4.04. The van der Waals surface area contributed by atoms with Gasteiger partial charge in [-0.05, 0) is 37.1 Å². The molecule has 2 saturated heterocycles. The molecule has 10 heteroatoms. The molecule has 0 bridgehead atoms. The quantitative estimate of drug-likeness (QED) is 0.671. The third kappa shape index (κ3) is 4.39. The van der Waals surface area contributed by atoms with Crippen molar-refractivity contribution in [3.05, 3.63) is 60.2 Å². The number of alkyl halides is 3. The predicted molar refractivity (Wildman–Crippen MR) is 108 cm³/mol. The van der Waals surface area contributed by atoms with Crippen LogP contribution >= 0.6 is 0 Å². The van der Waals surface area contributed by atoms with Crippen LogP contribution in [0.4, 0.5) is 23.7 Å². The molecule has 2 aromatic rings. The molecular formula is C22H20F3N3O4. The van der Waals surface area contributed by atoms with Gasteiger partial charge >= 0.3 is 12.4 Å². The smallest absolute Gasteiger partial charge is 0.405 e. The Morgan fingerprint density at radius 3 is 2.22 bits per heavy atom. The summed E-state index contributed by atoms with van der Waals surface area (Å²) in [6.07, 6.45) is -4.08. The average Bonchev–Trinajstić information content (AvgIpc) is 3.07. The maximum atomic E-state index is 12.9. The fourth-order valence-corrected chi connectivity index (χ4v) is 4.04. The summed E-state index contributed by atoms with van der Waals surface area (Å²) >= 11 is 0. The molecule has 4 rings (SSSR count). The molecule has 2 aliphatic heterocycles. The van der Waals surface area contributed by atoms with Gasteiger partial charge in [-0.3, -0.25) is 9.59 Å². The Bertz CT molecular complexity index is 1020. The lowest BCUT2D eigenvalue weighted by Crippen LogP contribution is -2.48. The molecule has 0 saturated carbocycles. The normalized spacial score (nSPS) is 17.8. The largest absolute Gasteiger partial charge is 0.573 e. The SMILES string of the molecule is O=C(c1ccccc1OC(F)(F)F)N1CCC(N2CC(=O)N(c3ccccc3)C2=O)CC1. The van der Waals surface area contributed by atoms with Crippen molar-refractivity contribution in [3.8, 4) is 5.75 Å². The number of hydrogen-bond donors (Lipinski definition) is 0. The zero-order valence-electron chi connectivity index (χ0n) is 16.9. The summed E-state index contributed by atoms with van der Waals surface area (Å²) in [6, 6.07) is 13.2. The Morgan fingerprint density at radius 2 is 1.56 bits per heavy atom. The average molecular weight is 447 g/mol. The molecule has 168 valence electrons. The number of halogens is 3. The molecule has 7 nitrogen and oxygen atoms in total. The number of anilines is 1. The molecule has 2 fully saturated rings. The monoisotopic (exact) mass is 447 g/mol. The molecule has 0 atom stereocenters. The van der Waals surface area contributed by atoms with E-state index in [4.69, 9.17) is 0 Å². The van der Waals surface area contributed by atoms with Crippen LogP contribution in [-0.4, -0.2) is 59.7 Å². The van der Waals surface area contributed by atoms with E-state index in [9.17, 15) is 27.6 Å². The van der Waals surface area contributed by atoms with Crippen molar-refractivity contribution < 1.29 is 32.3 Å². The van der Waals surface area contributed by atoms with Crippen LogP contribution in [0, 0.1) is 0 Å². The van der Waals surface area contributed by atoms with E-state index in [0.717, 1.165) is 11.0 Å². The molecule has 2 aromatic carbocycles. The van der Waals surface area contributed by atoms with Crippen LogP contribution in [0.2, 0.25) is 0 Å². The third-order valence-electron chi connectivity index (χ3n) is 5.54. The number of benzene rings is 2. The van der Waals surface area contributed by atoms with Crippen molar-refractivity contribution in [3.63, 3.8) is 0 Å². The van der Waals surface area contributed by atoms with Crippen LogP contribution in [0.25, 0.3) is 0 Å². The first kappa shape index (κ1) is 21.7. The van der Waals surface area contributed by atoms with Gasteiger partial charge in [0.15, 0.2) is 0 Å². The molecule has 0 N–H and O–H groups in total. The molecule has 0 unspecified atom stereocenters. The summed E-state index contributed by atoms with van der Waals surface area (Å²) in [4.78, 5) is 42.2. The summed E-state index contributed by atoms with van der Waals surface area (Å²) in [6.45, 7) is 0.439. The highest BCUT2D eigenvalue weighted by molar-refractivity contribution is 6.19. The highest BCUT2D eigenvalue weighted by Crippen LogP contribution is 2.30. The van der Waals surface area contributed by atoms with Crippen molar-refractivity contribution in [2.75, 3.05) is 24.5 Å². The summed E-state index contributed by atoms with van der Waals surface area (Å²) in [5.41, 5.74) is 0.324. The number of carbonyl (C=O) groups excluding carboxylic acids is 3. The lowest BCUT2D eigenvalue weighted by molar-refractivity contribution is -0.274. The van der Waals surface area contributed by atoms with Crippen LogP contribution in [-0.2, 0) is 4.79 Å². The van der Waals surface area contributed by atoms with Crippen LogP contribution < -0.4 is 9.64 Å². The van der Waals surface area contributed by atoms with Crippen molar-refractivity contribution >= 4 is 23.5 Å². The molecule has 32 heavy (non-hydrogen) atoms. The van der Waals surface area contributed by atoms with E-state index in [0.29, 0.717) is 18.5 Å². The van der Waals surface area contributed by atoms with Crippen LogP contribution in [0.3, 0.4) is 0 Å².